The molecule has 1 amide bonds. The summed E-state index contributed by atoms with van der Waals surface area (Å²) < 4.78 is 5.01. The summed E-state index contributed by atoms with van der Waals surface area (Å²) in [4.78, 5) is 25.3. The van der Waals surface area contributed by atoms with Gasteiger partial charge in [-0.2, -0.15) is 0 Å². The van der Waals surface area contributed by atoms with E-state index in [9.17, 15) is 9.59 Å². The number of ether oxygens (including phenoxy) is 1. The second kappa shape index (κ2) is 7.49. The maximum Gasteiger partial charge on any atom is 0.309 e. The van der Waals surface area contributed by atoms with Gasteiger partial charge in [-0.15, -0.1) is 0 Å². The van der Waals surface area contributed by atoms with Crippen molar-refractivity contribution in [3.8, 4) is 11.8 Å². The zero-order chi connectivity index (χ0) is 15.1. The first-order chi connectivity index (χ1) is 10.2. The van der Waals surface area contributed by atoms with Gasteiger partial charge in [-0.1, -0.05) is 24.1 Å². The highest BCUT2D eigenvalue weighted by Crippen LogP contribution is 2.18. The van der Waals surface area contributed by atoms with Crippen molar-refractivity contribution in [1.82, 2.24) is 4.90 Å². The van der Waals surface area contributed by atoms with Gasteiger partial charge in [0.05, 0.1) is 12.5 Å². The predicted molar refractivity (Wildman–Crippen MR) is 79.3 cm³/mol. The van der Waals surface area contributed by atoms with Crippen LogP contribution in [0.5, 0.6) is 0 Å². The number of nitrogens with zero attached hydrogens (tertiary/aromatic N) is 1. The van der Waals surface area contributed by atoms with Crippen LogP contribution in [0.25, 0.3) is 0 Å². The molecular weight excluding hydrogens is 266 g/mol. The Bertz CT molecular complexity index is 548. The van der Waals surface area contributed by atoms with Gasteiger partial charge in [0.25, 0.3) is 5.91 Å². The van der Waals surface area contributed by atoms with Gasteiger partial charge in [0.15, 0.2) is 0 Å². The molecule has 1 fully saturated rings. The lowest BCUT2D eigenvalue weighted by Crippen LogP contribution is -2.40. The van der Waals surface area contributed by atoms with E-state index in [0.29, 0.717) is 32.5 Å². The number of likely N-dealkylation sites (tertiary alicyclic amines) is 1. The average molecular weight is 285 g/mol. The van der Waals surface area contributed by atoms with Crippen molar-refractivity contribution in [3.63, 3.8) is 0 Å². The van der Waals surface area contributed by atoms with Gasteiger partial charge in [0.1, 0.15) is 0 Å². The van der Waals surface area contributed by atoms with Crippen LogP contribution >= 0.6 is 0 Å². The molecule has 0 aromatic heterocycles. The number of amides is 1. The van der Waals surface area contributed by atoms with Crippen molar-refractivity contribution in [2.75, 3.05) is 19.7 Å². The minimum Gasteiger partial charge on any atom is -0.466 e. The lowest BCUT2D eigenvalue weighted by atomic mass is 9.97. The Morgan fingerprint density at radius 2 is 1.90 bits per heavy atom. The number of benzene rings is 1. The summed E-state index contributed by atoms with van der Waals surface area (Å²) in [6, 6.07) is 9.42. The summed E-state index contributed by atoms with van der Waals surface area (Å²) in [5.74, 6) is 5.10. The normalized spacial score (nSPS) is 15.0. The highest BCUT2D eigenvalue weighted by atomic mass is 16.5. The first kappa shape index (κ1) is 15.1. The first-order valence-electron chi connectivity index (χ1n) is 7.23. The van der Waals surface area contributed by atoms with Gasteiger partial charge in [0, 0.05) is 24.6 Å². The molecule has 4 nitrogen and oxygen atoms in total. The van der Waals surface area contributed by atoms with Gasteiger partial charge in [-0.25, -0.2) is 0 Å². The summed E-state index contributed by atoms with van der Waals surface area (Å²) in [6.07, 6.45) is 1.30. The highest BCUT2D eigenvalue weighted by molar-refractivity contribution is 5.94. The second-order valence-corrected chi connectivity index (χ2v) is 4.93. The standard InChI is InChI=1S/C17H19NO3/c1-2-21-17(20)15-10-12-18(13-11-15)16(19)9-8-14-6-4-3-5-7-14/h3-7,15H,2,10-13H2,1H3. The summed E-state index contributed by atoms with van der Waals surface area (Å²) in [5.41, 5.74) is 0.826. The molecule has 0 spiro atoms. The molecule has 1 heterocycles. The first-order valence-corrected chi connectivity index (χ1v) is 7.23. The SMILES string of the molecule is CCOC(=O)C1CCN(C(=O)C#Cc2ccccc2)CC1. The molecule has 1 aliphatic heterocycles. The largest absolute Gasteiger partial charge is 0.466 e. The van der Waals surface area contributed by atoms with Crippen molar-refractivity contribution in [2.24, 2.45) is 5.92 Å². The Kier molecular flexibility index (Phi) is 5.39. The van der Waals surface area contributed by atoms with Crippen LogP contribution in [0.2, 0.25) is 0 Å². The van der Waals surface area contributed by atoms with Gasteiger partial charge >= 0.3 is 5.97 Å². The number of carbonyl (C=O) groups excluding carboxylic acids is 2. The number of rotatable bonds is 2. The fourth-order valence-corrected chi connectivity index (χ4v) is 2.30. The predicted octanol–water partition coefficient (Wildman–Crippen LogP) is 1.84. The molecular formula is C17H19NO3. The molecule has 1 aliphatic rings. The molecule has 4 heteroatoms. The van der Waals surface area contributed by atoms with Crippen LogP contribution < -0.4 is 0 Å². The zero-order valence-corrected chi connectivity index (χ0v) is 12.2. The fraction of sp³-hybridized carbons (Fsp3) is 0.412. The minimum atomic E-state index is -0.179. The Labute approximate surface area is 125 Å². The molecule has 1 aromatic rings. The van der Waals surface area contributed by atoms with E-state index in [4.69, 9.17) is 4.74 Å². The summed E-state index contributed by atoms with van der Waals surface area (Å²) in [5, 5.41) is 0. The van der Waals surface area contributed by atoms with Crippen molar-refractivity contribution < 1.29 is 14.3 Å². The summed E-state index contributed by atoms with van der Waals surface area (Å²) >= 11 is 0. The van der Waals surface area contributed by atoms with E-state index in [1.54, 1.807) is 11.8 Å². The Morgan fingerprint density at radius 1 is 1.24 bits per heavy atom. The Hall–Kier alpha value is -2.28. The van der Waals surface area contributed by atoms with E-state index in [-0.39, 0.29) is 17.8 Å². The topological polar surface area (TPSA) is 46.6 Å². The van der Waals surface area contributed by atoms with Gasteiger partial charge in [-0.05, 0) is 31.9 Å². The molecule has 0 radical (unpaired) electrons. The quantitative estimate of drug-likeness (QED) is 0.615. The molecule has 2 rings (SSSR count). The molecule has 21 heavy (non-hydrogen) atoms. The van der Waals surface area contributed by atoms with Crippen molar-refractivity contribution in [2.45, 2.75) is 19.8 Å². The third kappa shape index (κ3) is 4.35. The van der Waals surface area contributed by atoms with E-state index < -0.39 is 0 Å². The Morgan fingerprint density at radius 3 is 2.52 bits per heavy atom. The maximum atomic E-state index is 12.0. The molecule has 110 valence electrons. The monoisotopic (exact) mass is 285 g/mol. The zero-order valence-electron chi connectivity index (χ0n) is 12.2. The number of carbonyl (C=O) groups is 2. The van der Waals surface area contributed by atoms with Crippen molar-refractivity contribution >= 4 is 11.9 Å². The molecule has 1 aromatic carbocycles. The number of hydrogen-bond donors (Lipinski definition) is 0. The number of piperidine rings is 1. The maximum absolute atomic E-state index is 12.0. The third-order valence-corrected chi connectivity index (χ3v) is 3.49. The molecule has 0 N–H and O–H groups in total. The Balaban J connectivity index is 1.86. The third-order valence-electron chi connectivity index (χ3n) is 3.49. The fourth-order valence-electron chi connectivity index (χ4n) is 2.30. The molecule has 0 saturated carbocycles. The summed E-state index contributed by atoms with van der Waals surface area (Å²) in [7, 11) is 0. The van der Waals surface area contributed by atoms with Gasteiger partial charge in [-0.3, -0.25) is 9.59 Å². The second-order valence-electron chi connectivity index (χ2n) is 4.93. The smallest absolute Gasteiger partial charge is 0.309 e. The van der Waals surface area contributed by atoms with Crippen LogP contribution in [0.3, 0.4) is 0 Å². The van der Waals surface area contributed by atoms with Crippen LogP contribution in [0.15, 0.2) is 30.3 Å². The van der Waals surface area contributed by atoms with E-state index in [1.165, 1.54) is 0 Å². The van der Waals surface area contributed by atoms with Crippen molar-refractivity contribution in [1.29, 1.82) is 0 Å². The lowest BCUT2D eigenvalue weighted by Gasteiger charge is -2.29. The van der Waals surface area contributed by atoms with E-state index in [1.807, 2.05) is 30.3 Å². The van der Waals surface area contributed by atoms with Crippen molar-refractivity contribution in [3.05, 3.63) is 35.9 Å². The molecule has 0 unspecified atom stereocenters. The van der Waals surface area contributed by atoms with Crippen LogP contribution in [-0.2, 0) is 14.3 Å². The van der Waals surface area contributed by atoms with E-state index >= 15 is 0 Å². The molecule has 1 saturated heterocycles. The van der Waals surface area contributed by atoms with Crippen LogP contribution in [0, 0.1) is 17.8 Å². The van der Waals surface area contributed by atoms with Crippen LogP contribution in [-0.4, -0.2) is 36.5 Å². The molecule has 0 aliphatic carbocycles. The van der Waals surface area contributed by atoms with Crippen LogP contribution in [0.1, 0.15) is 25.3 Å². The lowest BCUT2D eigenvalue weighted by molar-refractivity contribution is -0.150. The van der Waals surface area contributed by atoms with Gasteiger partial charge < -0.3 is 9.64 Å². The van der Waals surface area contributed by atoms with E-state index in [0.717, 1.165) is 5.56 Å². The summed E-state index contributed by atoms with van der Waals surface area (Å²) in [6.45, 7) is 3.33. The molecule has 0 bridgehead atoms. The molecule has 0 atom stereocenters. The van der Waals surface area contributed by atoms with Crippen LogP contribution in [0.4, 0.5) is 0 Å². The number of esters is 1. The highest BCUT2D eigenvalue weighted by Gasteiger charge is 2.27. The average Bonchev–Trinajstić information content (AvgIpc) is 2.54. The minimum absolute atomic E-state index is 0.0870. The van der Waals surface area contributed by atoms with E-state index in [2.05, 4.69) is 11.8 Å². The van der Waals surface area contributed by atoms with Gasteiger partial charge in [0.2, 0.25) is 0 Å². The number of hydrogen-bond acceptors (Lipinski definition) is 3.